The lowest BCUT2D eigenvalue weighted by Crippen LogP contribution is -2.07. The molecule has 2 N–H and O–H groups in total. The lowest BCUT2D eigenvalue weighted by atomic mass is 10.00. The van der Waals surface area contributed by atoms with Crippen LogP contribution in [0.5, 0.6) is 0 Å². The topological polar surface area (TPSA) is 67.4 Å². The molecule has 5 nitrogen and oxygen atoms in total. The number of benzene rings is 3. The number of nitrogens with one attached hydrogen (secondary N) is 2. The molecule has 0 amide bonds. The molecule has 2 aliphatic rings. The minimum Gasteiger partial charge on any atom is -0.457 e. The third kappa shape index (κ3) is 5.07. The largest absolute Gasteiger partial charge is 0.457 e. The van der Waals surface area contributed by atoms with Crippen LogP contribution in [-0.4, -0.2) is 25.7 Å². The Bertz CT molecular complexity index is 1410. The quantitative estimate of drug-likeness (QED) is 0.301. The summed E-state index contributed by atoms with van der Waals surface area (Å²) >= 11 is 0. The first-order chi connectivity index (χ1) is 18.1. The highest BCUT2D eigenvalue weighted by atomic mass is 16.5. The number of carbonyl (C=O) groups is 2. The highest BCUT2D eigenvalue weighted by Crippen LogP contribution is 2.33. The van der Waals surface area contributed by atoms with E-state index < -0.39 is 0 Å². The molecule has 0 saturated carbocycles. The predicted octanol–water partition coefficient (Wildman–Crippen LogP) is 6.67. The molecule has 0 atom stereocenters. The van der Waals surface area contributed by atoms with Gasteiger partial charge < -0.3 is 15.4 Å². The Labute approximate surface area is 216 Å². The van der Waals surface area contributed by atoms with Gasteiger partial charge in [-0.2, -0.15) is 0 Å². The van der Waals surface area contributed by atoms with Crippen molar-refractivity contribution in [1.29, 1.82) is 0 Å². The normalized spacial score (nSPS) is 15.1. The predicted molar refractivity (Wildman–Crippen MR) is 149 cm³/mol. The van der Waals surface area contributed by atoms with Crippen LogP contribution in [0.15, 0.2) is 120 Å². The average molecular weight is 487 g/mol. The molecule has 0 saturated heterocycles. The van der Waals surface area contributed by atoms with E-state index in [2.05, 4.69) is 10.6 Å². The van der Waals surface area contributed by atoms with Crippen LogP contribution in [0.1, 0.15) is 31.8 Å². The lowest BCUT2D eigenvalue weighted by molar-refractivity contribution is 0.0988. The second-order valence-corrected chi connectivity index (χ2v) is 8.64. The van der Waals surface area contributed by atoms with Gasteiger partial charge in [0, 0.05) is 36.6 Å². The first kappa shape index (κ1) is 23.8. The van der Waals surface area contributed by atoms with Gasteiger partial charge >= 0.3 is 0 Å². The molecule has 37 heavy (non-hydrogen) atoms. The second kappa shape index (κ2) is 10.4. The van der Waals surface area contributed by atoms with E-state index in [0.717, 1.165) is 22.5 Å². The SMILES string of the molecule is CNc1ccc(C=CC2=CC(=C3C(=O)c4ccccc4C3=O)C=C(C=Cc3ccc(NC)cc3)O2)cc1. The summed E-state index contributed by atoms with van der Waals surface area (Å²) in [4.78, 5) is 26.3. The van der Waals surface area contributed by atoms with Crippen LogP contribution in [0.25, 0.3) is 12.2 Å². The summed E-state index contributed by atoms with van der Waals surface area (Å²) in [5, 5.41) is 6.21. The summed E-state index contributed by atoms with van der Waals surface area (Å²) in [7, 11) is 3.75. The number of hydrogen-bond donors (Lipinski definition) is 2. The third-order valence-corrected chi connectivity index (χ3v) is 6.27. The zero-order valence-corrected chi connectivity index (χ0v) is 20.6. The second-order valence-electron chi connectivity index (χ2n) is 8.64. The van der Waals surface area contributed by atoms with E-state index in [1.807, 2.05) is 86.9 Å². The minimum absolute atomic E-state index is 0.165. The fourth-order valence-electron chi connectivity index (χ4n) is 4.24. The van der Waals surface area contributed by atoms with Crippen molar-refractivity contribution in [2.75, 3.05) is 24.7 Å². The van der Waals surface area contributed by atoms with E-state index in [1.165, 1.54) is 0 Å². The van der Waals surface area contributed by atoms with Gasteiger partial charge in [0.1, 0.15) is 11.5 Å². The Balaban J connectivity index is 1.51. The Morgan fingerprint density at radius 3 is 1.43 bits per heavy atom. The summed E-state index contributed by atoms with van der Waals surface area (Å²) in [6.07, 6.45) is 11.0. The van der Waals surface area contributed by atoms with E-state index in [4.69, 9.17) is 4.74 Å². The van der Waals surface area contributed by atoms with E-state index in [1.54, 1.807) is 36.4 Å². The first-order valence-corrected chi connectivity index (χ1v) is 12.0. The molecule has 0 aromatic heterocycles. The van der Waals surface area contributed by atoms with Crippen molar-refractivity contribution >= 4 is 35.1 Å². The summed E-state index contributed by atoms with van der Waals surface area (Å²) in [6, 6.07) is 22.9. The zero-order chi connectivity index (χ0) is 25.8. The number of hydrogen-bond acceptors (Lipinski definition) is 5. The van der Waals surface area contributed by atoms with Gasteiger partial charge in [0.05, 0.1) is 5.57 Å². The molecule has 5 rings (SSSR count). The van der Waals surface area contributed by atoms with Crippen LogP contribution in [-0.2, 0) is 4.74 Å². The number of rotatable bonds is 6. The van der Waals surface area contributed by atoms with Gasteiger partial charge in [0.25, 0.3) is 0 Å². The van der Waals surface area contributed by atoms with Crippen LogP contribution < -0.4 is 10.6 Å². The van der Waals surface area contributed by atoms with E-state index in [0.29, 0.717) is 28.2 Å². The summed E-state index contributed by atoms with van der Waals surface area (Å²) in [5.41, 5.74) is 5.61. The van der Waals surface area contributed by atoms with Gasteiger partial charge in [0.2, 0.25) is 0 Å². The van der Waals surface area contributed by atoms with Crippen molar-refractivity contribution in [3.05, 3.63) is 142 Å². The Morgan fingerprint density at radius 1 is 0.595 bits per heavy atom. The molecule has 0 spiro atoms. The van der Waals surface area contributed by atoms with E-state index in [-0.39, 0.29) is 17.1 Å². The van der Waals surface area contributed by atoms with Crippen molar-refractivity contribution in [1.82, 2.24) is 0 Å². The van der Waals surface area contributed by atoms with Crippen molar-refractivity contribution < 1.29 is 14.3 Å². The number of allylic oxidation sites excluding steroid dienone is 6. The van der Waals surface area contributed by atoms with Crippen molar-refractivity contribution in [2.24, 2.45) is 0 Å². The minimum atomic E-state index is -0.262. The van der Waals surface area contributed by atoms with Crippen molar-refractivity contribution in [3.8, 4) is 0 Å². The number of ketones is 2. The first-order valence-electron chi connectivity index (χ1n) is 12.0. The summed E-state index contributed by atoms with van der Waals surface area (Å²) in [5.74, 6) is 0.540. The molecular weight excluding hydrogens is 460 g/mol. The number of ether oxygens (including phenoxy) is 1. The van der Waals surface area contributed by atoms with Crippen LogP contribution in [0.3, 0.4) is 0 Å². The fraction of sp³-hybridized carbons (Fsp3) is 0.0625. The van der Waals surface area contributed by atoms with Gasteiger partial charge in [-0.1, -0.05) is 60.7 Å². The molecule has 0 bridgehead atoms. The van der Waals surface area contributed by atoms with Gasteiger partial charge in [-0.25, -0.2) is 0 Å². The Hall–Kier alpha value is -4.90. The number of anilines is 2. The molecule has 0 fully saturated rings. The number of carbonyl (C=O) groups excluding carboxylic acids is 2. The van der Waals surface area contributed by atoms with Gasteiger partial charge in [-0.05, 0) is 65.3 Å². The Kier molecular flexibility index (Phi) is 6.68. The maximum atomic E-state index is 13.2. The molecular formula is C32H26N2O3. The van der Waals surface area contributed by atoms with Crippen molar-refractivity contribution in [2.45, 2.75) is 0 Å². The molecule has 0 radical (unpaired) electrons. The monoisotopic (exact) mass is 486 g/mol. The lowest BCUT2D eigenvalue weighted by Gasteiger charge is -2.15. The van der Waals surface area contributed by atoms with Gasteiger partial charge in [-0.3, -0.25) is 9.59 Å². The molecule has 5 heteroatoms. The fourth-order valence-corrected chi connectivity index (χ4v) is 4.24. The maximum absolute atomic E-state index is 13.2. The van der Waals surface area contributed by atoms with E-state index in [9.17, 15) is 9.59 Å². The van der Waals surface area contributed by atoms with E-state index >= 15 is 0 Å². The highest BCUT2D eigenvalue weighted by molar-refractivity contribution is 6.40. The zero-order valence-electron chi connectivity index (χ0n) is 20.6. The van der Waals surface area contributed by atoms with Crippen LogP contribution >= 0.6 is 0 Å². The summed E-state index contributed by atoms with van der Waals surface area (Å²) in [6.45, 7) is 0. The molecule has 1 aliphatic carbocycles. The summed E-state index contributed by atoms with van der Waals surface area (Å²) < 4.78 is 6.12. The molecule has 3 aromatic rings. The molecule has 1 aliphatic heterocycles. The molecule has 182 valence electrons. The molecule has 1 heterocycles. The van der Waals surface area contributed by atoms with Gasteiger partial charge in [0.15, 0.2) is 11.6 Å². The number of Topliss-reactive ketones (excluding diaryl/α,β-unsaturated/α-hetero) is 2. The van der Waals surface area contributed by atoms with Gasteiger partial charge in [-0.15, -0.1) is 0 Å². The van der Waals surface area contributed by atoms with Crippen molar-refractivity contribution in [3.63, 3.8) is 0 Å². The van der Waals surface area contributed by atoms with Crippen LogP contribution in [0, 0.1) is 0 Å². The third-order valence-electron chi connectivity index (χ3n) is 6.27. The maximum Gasteiger partial charge on any atom is 0.198 e. The molecule has 0 unspecified atom stereocenters. The van der Waals surface area contributed by atoms with Crippen LogP contribution in [0.2, 0.25) is 0 Å². The average Bonchev–Trinajstić information content (AvgIpc) is 3.20. The molecule has 3 aromatic carbocycles. The standard InChI is InChI=1S/C32H26N2O3/c1-33-24-13-7-21(8-14-24)11-17-26-19-23(30-31(35)28-5-3-4-6-29(28)32(30)36)20-27(37-26)18-12-22-9-15-25(34-2)16-10-22/h3-20,33-34H,1-2H3. The highest BCUT2D eigenvalue weighted by Gasteiger charge is 2.35. The van der Waals surface area contributed by atoms with Crippen LogP contribution in [0.4, 0.5) is 11.4 Å². The smallest absolute Gasteiger partial charge is 0.198 e. The Morgan fingerprint density at radius 2 is 1.03 bits per heavy atom. The number of fused-ring (bicyclic) bond motifs is 1.